The molecular weight excluding hydrogens is 353 g/mol. The molecule has 3 rings (SSSR count). The van der Waals surface area contributed by atoms with Gasteiger partial charge in [-0.05, 0) is 42.5 Å². The van der Waals surface area contributed by atoms with E-state index in [1.165, 1.54) is 42.5 Å². The van der Waals surface area contributed by atoms with Crippen molar-refractivity contribution >= 4 is 18.3 Å². The highest BCUT2D eigenvalue weighted by molar-refractivity contribution is 5.95. The molecule has 1 heterocycles. The maximum absolute atomic E-state index is 13.1. The summed E-state index contributed by atoms with van der Waals surface area (Å²) in [6.45, 7) is 0. The van der Waals surface area contributed by atoms with Crippen molar-refractivity contribution in [3.8, 4) is 17.2 Å². The van der Waals surface area contributed by atoms with Gasteiger partial charge in [0.2, 0.25) is 6.10 Å². The van der Waals surface area contributed by atoms with Crippen LogP contribution < -0.4 is 9.47 Å². The number of rotatable bonds is 4. The Morgan fingerprint density at radius 2 is 1.77 bits per heavy atom. The maximum atomic E-state index is 13.1. The number of hydrogen-bond acceptors (Lipinski definition) is 4. The zero-order valence-corrected chi connectivity index (χ0v) is 13.0. The first kappa shape index (κ1) is 17.5. The molecule has 0 fully saturated rings. The number of carbonyl (C=O) groups is 2. The lowest BCUT2D eigenvalue weighted by molar-refractivity contribution is -0.187. The lowest BCUT2D eigenvalue weighted by Gasteiger charge is -2.27. The van der Waals surface area contributed by atoms with Gasteiger partial charge in [-0.15, -0.1) is 0 Å². The van der Waals surface area contributed by atoms with E-state index in [1.807, 2.05) is 0 Å². The first-order chi connectivity index (χ1) is 12.3. The van der Waals surface area contributed by atoms with Crippen LogP contribution in [0, 0.1) is 0 Å². The Balaban J connectivity index is 1.91. The highest BCUT2D eigenvalue weighted by atomic mass is 19.4. The van der Waals surface area contributed by atoms with E-state index < -0.39 is 23.8 Å². The van der Waals surface area contributed by atoms with E-state index in [9.17, 15) is 22.8 Å². The molecule has 1 aliphatic rings. The standard InChI is InChI=1S/C18H11F3O5/c19-18(20,21)16-14(17(23)24)7-11-3-6-13(8-15(11)26-16)25-12-4-1-10(9-22)2-5-12/h1-9,16H,(H,23,24). The second-order valence-corrected chi connectivity index (χ2v) is 5.43. The smallest absolute Gasteiger partial charge is 0.430 e. The van der Waals surface area contributed by atoms with Crippen LogP contribution >= 0.6 is 0 Å². The third kappa shape index (κ3) is 3.53. The second-order valence-electron chi connectivity index (χ2n) is 5.43. The number of carboxylic acid groups (broad SMARTS) is 1. The van der Waals surface area contributed by atoms with Gasteiger partial charge in [-0.25, -0.2) is 4.79 Å². The fourth-order valence-electron chi connectivity index (χ4n) is 2.40. The summed E-state index contributed by atoms with van der Waals surface area (Å²) in [6, 6.07) is 10.2. The summed E-state index contributed by atoms with van der Waals surface area (Å²) in [5.74, 6) is -1.26. The van der Waals surface area contributed by atoms with Crippen molar-refractivity contribution in [2.45, 2.75) is 12.3 Å². The number of carboxylic acids is 1. The molecule has 1 N–H and O–H groups in total. The Kier molecular flexibility index (Phi) is 4.41. The molecule has 1 aliphatic heterocycles. The molecule has 0 aliphatic carbocycles. The lowest BCUT2D eigenvalue weighted by Crippen LogP contribution is -2.40. The van der Waals surface area contributed by atoms with Crippen LogP contribution in [0.4, 0.5) is 13.2 Å². The van der Waals surface area contributed by atoms with Crippen LogP contribution in [0.25, 0.3) is 6.08 Å². The van der Waals surface area contributed by atoms with E-state index in [2.05, 4.69) is 0 Å². The predicted octanol–water partition coefficient (Wildman–Crippen LogP) is 4.08. The van der Waals surface area contributed by atoms with Gasteiger partial charge >= 0.3 is 12.1 Å². The molecule has 0 amide bonds. The van der Waals surface area contributed by atoms with Crippen molar-refractivity contribution in [3.63, 3.8) is 0 Å². The summed E-state index contributed by atoms with van der Waals surface area (Å²) in [4.78, 5) is 21.7. The number of aldehydes is 1. The average molecular weight is 364 g/mol. The van der Waals surface area contributed by atoms with E-state index in [0.29, 0.717) is 17.6 Å². The lowest BCUT2D eigenvalue weighted by atomic mass is 10.0. The first-order valence-electron chi connectivity index (χ1n) is 7.33. The molecular formula is C18H11F3O5. The molecule has 2 aromatic carbocycles. The summed E-state index contributed by atoms with van der Waals surface area (Å²) in [5.41, 5.74) is -0.236. The largest absolute Gasteiger partial charge is 0.478 e. The van der Waals surface area contributed by atoms with Crippen LogP contribution in [0.3, 0.4) is 0 Å². The van der Waals surface area contributed by atoms with Crippen molar-refractivity contribution in [2.75, 3.05) is 0 Å². The molecule has 0 radical (unpaired) electrons. The molecule has 26 heavy (non-hydrogen) atoms. The van der Waals surface area contributed by atoms with Crippen molar-refractivity contribution in [1.29, 1.82) is 0 Å². The van der Waals surface area contributed by atoms with Gasteiger partial charge in [-0.2, -0.15) is 13.2 Å². The third-order valence-corrected chi connectivity index (χ3v) is 3.62. The normalized spacial score (nSPS) is 16.1. The minimum Gasteiger partial charge on any atom is -0.478 e. The quantitative estimate of drug-likeness (QED) is 0.828. The van der Waals surface area contributed by atoms with Gasteiger partial charge in [0.25, 0.3) is 0 Å². The van der Waals surface area contributed by atoms with Gasteiger partial charge in [-0.1, -0.05) is 0 Å². The molecule has 5 nitrogen and oxygen atoms in total. The molecule has 0 saturated carbocycles. The predicted molar refractivity (Wildman–Crippen MR) is 84.4 cm³/mol. The summed E-state index contributed by atoms with van der Waals surface area (Å²) in [7, 11) is 0. The zero-order chi connectivity index (χ0) is 18.9. The first-order valence-corrected chi connectivity index (χ1v) is 7.33. The summed E-state index contributed by atoms with van der Waals surface area (Å²) < 4.78 is 49.6. The number of benzene rings is 2. The summed E-state index contributed by atoms with van der Waals surface area (Å²) in [6.07, 6.45) is -5.83. The van der Waals surface area contributed by atoms with Gasteiger partial charge in [0.15, 0.2) is 0 Å². The molecule has 8 heteroatoms. The zero-order valence-electron chi connectivity index (χ0n) is 13.0. The van der Waals surface area contributed by atoms with E-state index >= 15 is 0 Å². The SMILES string of the molecule is O=Cc1ccc(Oc2ccc3c(c2)OC(C(F)(F)F)C(C(=O)O)=C3)cc1. The Morgan fingerprint density at radius 1 is 1.12 bits per heavy atom. The molecule has 0 aromatic heterocycles. The average Bonchev–Trinajstić information content (AvgIpc) is 2.60. The molecule has 0 spiro atoms. The van der Waals surface area contributed by atoms with Gasteiger partial charge in [0.05, 0.1) is 5.57 Å². The second kappa shape index (κ2) is 6.55. The summed E-state index contributed by atoms with van der Waals surface area (Å²) in [5, 5.41) is 8.99. The van der Waals surface area contributed by atoms with Crippen molar-refractivity contribution in [3.05, 3.63) is 59.2 Å². The van der Waals surface area contributed by atoms with Crippen molar-refractivity contribution in [2.24, 2.45) is 0 Å². The summed E-state index contributed by atoms with van der Waals surface area (Å²) >= 11 is 0. The molecule has 134 valence electrons. The number of carbonyl (C=O) groups excluding carboxylic acids is 1. The molecule has 1 unspecified atom stereocenters. The molecule has 0 bridgehead atoms. The van der Waals surface area contributed by atoms with E-state index in [1.54, 1.807) is 0 Å². The Bertz CT molecular complexity index is 885. The van der Waals surface area contributed by atoms with E-state index in [4.69, 9.17) is 14.6 Å². The Morgan fingerprint density at radius 3 is 2.35 bits per heavy atom. The number of aliphatic carboxylic acids is 1. The number of fused-ring (bicyclic) bond motifs is 1. The Hall–Kier alpha value is -3.29. The highest BCUT2D eigenvalue weighted by Crippen LogP contribution is 2.39. The van der Waals surface area contributed by atoms with Crippen LogP contribution in [0.5, 0.6) is 17.2 Å². The van der Waals surface area contributed by atoms with Gasteiger partial charge < -0.3 is 14.6 Å². The minimum atomic E-state index is -4.87. The highest BCUT2D eigenvalue weighted by Gasteiger charge is 2.48. The fraction of sp³-hybridized carbons (Fsp3) is 0.111. The fourth-order valence-corrected chi connectivity index (χ4v) is 2.40. The van der Waals surface area contributed by atoms with Gasteiger partial charge in [0.1, 0.15) is 23.5 Å². The van der Waals surface area contributed by atoms with Crippen LogP contribution in [0.2, 0.25) is 0 Å². The van der Waals surface area contributed by atoms with Crippen molar-refractivity contribution < 1.29 is 37.3 Å². The van der Waals surface area contributed by atoms with Gasteiger partial charge in [0, 0.05) is 17.2 Å². The van der Waals surface area contributed by atoms with Crippen LogP contribution in [-0.2, 0) is 4.79 Å². The number of ether oxygens (including phenoxy) is 2. The van der Waals surface area contributed by atoms with Crippen LogP contribution in [0.1, 0.15) is 15.9 Å². The van der Waals surface area contributed by atoms with Crippen LogP contribution in [0.15, 0.2) is 48.0 Å². The number of alkyl halides is 3. The minimum absolute atomic E-state index is 0.140. The number of halogens is 3. The third-order valence-electron chi connectivity index (χ3n) is 3.62. The molecule has 1 atom stereocenters. The monoisotopic (exact) mass is 364 g/mol. The van der Waals surface area contributed by atoms with Gasteiger partial charge in [-0.3, -0.25) is 4.79 Å². The maximum Gasteiger partial charge on any atom is 0.430 e. The van der Waals surface area contributed by atoms with E-state index in [0.717, 1.165) is 6.08 Å². The number of hydrogen-bond donors (Lipinski definition) is 1. The Labute approximate surface area is 145 Å². The van der Waals surface area contributed by atoms with E-state index in [-0.39, 0.29) is 17.1 Å². The topological polar surface area (TPSA) is 72.8 Å². The van der Waals surface area contributed by atoms with Crippen LogP contribution in [-0.4, -0.2) is 29.6 Å². The molecule has 0 saturated heterocycles. The van der Waals surface area contributed by atoms with Crippen molar-refractivity contribution in [1.82, 2.24) is 0 Å². The molecule has 2 aromatic rings.